The quantitative estimate of drug-likeness (QED) is 0.143. The van der Waals surface area contributed by atoms with Gasteiger partial charge in [-0.1, -0.05) is 57.6 Å². The van der Waals surface area contributed by atoms with Gasteiger partial charge in [-0.25, -0.2) is 8.42 Å². The molecule has 35 heavy (non-hydrogen) atoms. The third-order valence-electron chi connectivity index (χ3n) is 6.21. The van der Waals surface area contributed by atoms with Crippen LogP contribution in [0.25, 0.3) is 0 Å². The van der Waals surface area contributed by atoms with Crippen LogP contribution in [0.3, 0.4) is 0 Å². The Balaban J connectivity index is 2.33. The van der Waals surface area contributed by atoms with Crippen molar-refractivity contribution in [1.82, 2.24) is 4.31 Å². The van der Waals surface area contributed by atoms with Crippen LogP contribution in [0.5, 0.6) is 0 Å². The molecule has 0 radical (unpaired) electrons. The molecule has 0 heterocycles. The molecule has 0 fully saturated rings. The van der Waals surface area contributed by atoms with Gasteiger partial charge < -0.3 is 9.69 Å². The standard InChI is InChI=1S/C26H37N3O5S/c1-5-6-7-8-9-10-13-25(20-30)28(4)35(33,34)26-16-15-23(27(2)3)19-22(26)17-21-12-11-14-24(18-21)29(31)32/h11-12,14-16,18-20,25H,5-10,13,17H2,1-4H3. The first-order valence-corrected chi connectivity index (χ1v) is 13.5. The van der Waals surface area contributed by atoms with E-state index in [1.54, 1.807) is 30.3 Å². The van der Waals surface area contributed by atoms with Crippen molar-refractivity contribution in [2.45, 2.75) is 69.2 Å². The second kappa shape index (κ2) is 13.3. The van der Waals surface area contributed by atoms with E-state index in [1.807, 2.05) is 19.0 Å². The summed E-state index contributed by atoms with van der Waals surface area (Å²) in [6, 6.07) is 10.5. The van der Waals surface area contributed by atoms with E-state index in [1.165, 1.54) is 25.6 Å². The zero-order valence-corrected chi connectivity index (χ0v) is 22.0. The molecule has 0 saturated heterocycles. The third-order valence-corrected chi connectivity index (χ3v) is 8.19. The highest BCUT2D eigenvalue weighted by Gasteiger charge is 2.30. The molecule has 0 saturated carbocycles. The van der Waals surface area contributed by atoms with Crippen LogP contribution in [0.1, 0.15) is 63.0 Å². The number of aldehydes is 1. The normalized spacial score (nSPS) is 12.5. The maximum absolute atomic E-state index is 13.6. The summed E-state index contributed by atoms with van der Waals surface area (Å²) in [5.74, 6) is 0. The van der Waals surface area contributed by atoms with Gasteiger partial charge in [0.1, 0.15) is 6.29 Å². The molecular formula is C26H37N3O5S. The average Bonchev–Trinajstić information content (AvgIpc) is 2.83. The third kappa shape index (κ3) is 7.86. The monoisotopic (exact) mass is 503 g/mol. The smallest absolute Gasteiger partial charge is 0.269 e. The number of nitro groups is 1. The Bertz CT molecular complexity index is 1100. The summed E-state index contributed by atoms with van der Waals surface area (Å²) in [5.41, 5.74) is 1.92. The number of carbonyl (C=O) groups excluding carboxylic acids is 1. The van der Waals surface area contributed by atoms with Crippen LogP contribution in [0.15, 0.2) is 47.4 Å². The number of sulfonamides is 1. The van der Waals surface area contributed by atoms with Crippen LogP contribution in [0.2, 0.25) is 0 Å². The van der Waals surface area contributed by atoms with Gasteiger partial charge in [-0.2, -0.15) is 4.31 Å². The number of nitro benzene ring substituents is 1. The van der Waals surface area contributed by atoms with E-state index >= 15 is 0 Å². The van der Waals surface area contributed by atoms with Crippen molar-refractivity contribution in [1.29, 1.82) is 0 Å². The molecule has 0 aliphatic heterocycles. The molecule has 0 aliphatic carbocycles. The highest BCUT2D eigenvalue weighted by molar-refractivity contribution is 7.89. The van der Waals surface area contributed by atoms with Gasteiger partial charge in [-0.3, -0.25) is 10.1 Å². The summed E-state index contributed by atoms with van der Waals surface area (Å²) in [7, 11) is 1.19. The Kier molecular flexibility index (Phi) is 10.9. The molecule has 192 valence electrons. The molecule has 9 heteroatoms. The van der Waals surface area contributed by atoms with Crippen molar-refractivity contribution in [3.63, 3.8) is 0 Å². The van der Waals surface area contributed by atoms with Crippen molar-refractivity contribution in [3.8, 4) is 0 Å². The molecule has 8 nitrogen and oxygen atoms in total. The molecule has 0 aliphatic rings. The van der Waals surface area contributed by atoms with Gasteiger partial charge in [0.2, 0.25) is 10.0 Å². The zero-order chi connectivity index (χ0) is 26.0. The van der Waals surface area contributed by atoms with E-state index in [-0.39, 0.29) is 17.0 Å². The van der Waals surface area contributed by atoms with E-state index in [4.69, 9.17) is 0 Å². The molecule has 0 spiro atoms. The van der Waals surface area contributed by atoms with Crippen LogP contribution < -0.4 is 4.90 Å². The molecule has 1 atom stereocenters. The minimum absolute atomic E-state index is 0.0484. The van der Waals surface area contributed by atoms with Gasteiger partial charge in [0.15, 0.2) is 0 Å². The highest BCUT2D eigenvalue weighted by Crippen LogP contribution is 2.29. The topological polar surface area (TPSA) is 101 Å². The fraction of sp³-hybridized carbons (Fsp3) is 0.500. The van der Waals surface area contributed by atoms with Gasteiger partial charge >= 0.3 is 0 Å². The number of nitrogens with zero attached hydrogens (tertiary/aromatic N) is 3. The molecular weight excluding hydrogens is 466 g/mol. The van der Waals surface area contributed by atoms with Crippen molar-refractivity contribution in [2.75, 3.05) is 26.0 Å². The first kappa shape index (κ1) is 28.5. The number of unbranched alkanes of at least 4 members (excludes halogenated alkanes) is 5. The Morgan fingerprint density at radius 1 is 1.00 bits per heavy atom. The second-order valence-electron chi connectivity index (χ2n) is 9.07. The lowest BCUT2D eigenvalue weighted by Crippen LogP contribution is -2.38. The second-order valence-corrected chi connectivity index (χ2v) is 11.0. The van der Waals surface area contributed by atoms with Crippen LogP contribution in [-0.4, -0.2) is 51.1 Å². The van der Waals surface area contributed by atoms with Crippen LogP contribution in [0, 0.1) is 10.1 Å². The minimum atomic E-state index is -3.97. The molecule has 0 N–H and O–H groups in total. The van der Waals surface area contributed by atoms with Crippen LogP contribution >= 0.6 is 0 Å². The number of hydrogen-bond donors (Lipinski definition) is 0. The van der Waals surface area contributed by atoms with Gasteiger partial charge in [0, 0.05) is 39.0 Å². The summed E-state index contributed by atoms with van der Waals surface area (Å²) in [4.78, 5) is 24.5. The maximum atomic E-state index is 13.6. The number of hydrogen-bond acceptors (Lipinski definition) is 6. The Labute approximate surface area is 209 Å². The minimum Gasteiger partial charge on any atom is -0.378 e. The number of likely N-dealkylation sites (N-methyl/N-ethyl adjacent to an activating group) is 1. The van der Waals surface area contributed by atoms with Crippen molar-refractivity contribution < 1.29 is 18.1 Å². The van der Waals surface area contributed by atoms with Gasteiger partial charge in [0.05, 0.1) is 15.9 Å². The Morgan fingerprint density at radius 3 is 2.31 bits per heavy atom. The fourth-order valence-corrected chi connectivity index (χ4v) is 5.56. The summed E-state index contributed by atoms with van der Waals surface area (Å²) < 4.78 is 28.4. The fourth-order valence-electron chi connectivity index (χ4n) is 4.04. The van der Waals surface area contributed by atoms with E-state index in [0.29, 0.717) is 23.8 Å². The largest absolute Gasteiger partial charge is 0.378 e. The average molecular weight is 504 g/mol. The highest BCUT2D eigenvalue weighted by atomic mass is 32.2. The van der Waals surface area contributed by atoms with Gasteiger partial charge in [-0.15, -0.1) is 0 Å². The molecule has 0 bridgehead atoms. The lowest BCUT2D eigenvalue weighted by atomic mass is 10.0. The summed E-state index contributed by atoms with van der Waals surface area (Å²) in [5, 5.41) is 11.2. The van der Waals surface area contributed by atoms with E-state index in [2.05, 4.69) is 6.92 Å². The molecule has 1 unspecified atom stereocenters. The summed E-state index contributed by atoms with van der Waals surface area (Å²) >= 11 is 0. The lowest BCUT2D eigenvalue weighted by Gasteiger charge is -2.25. The predicted octanol–water partition coefficient (Wildman–Crippen LogP) is 5.19. The maximum Gasteiger partial charge on any atom is 0.269 e. The van der Waals surface area contributed by atoms with E-state index in [9.17, 15) is 23.3 Å². The van der Waals surface area contributed by atoms with Crippen molar-refractivity contribution in [3.05, 3.63) is 63.7 Å². The molecule has 2 rings (SSSR count). The van der Waals surface area contributed by atoms with E-state index in [0.717, 1.165) is 42.1 Å². The van der Waals surface area contributed by atoms with Crippen molar-refractivity contribution in [2.24, 2.45) is 0 Å². The number of rotatable bonds is 15. The van der Waals surface area contributed by atoms with Gasteiger partial charge in [0.25, 0.3) is 5.69 Å². The first-order valence-electron chi connectivity index (χ1n) is 12.1. The van der Waals surface area contributed by atoms with Crippen LogP contribution in [0.4, 0.5) is 11.4 Å². The first-order chi connectivity index (χ1) is 16.6. The Morgan fingerprint density at radius 2 is 1.69 bits per heavy atom. The zero-order valence-electron chi connectivity index (χ0n) is 21.1. The Hall–Kier alpha value is -2.78. The summed E-state index contributed by atoms with van der Waals surface area (Å²) in [6.07, 6.45) is 7.70. The summed E-state index contributed by atoms with van der Waals surface area (Å²) in [6.45, 7) is 2.15. The van der Waals surface area contributed by atoms with Gasteiger partial charge in [-0.05, 0) is 42.2 Å². The number of non-ortho nitro benzene ring substituents is 1. The number of carbonyl (C=O) groups is 1. The van der Waals surface area contributed by atoms with E-state index < -0.39 is 21.0 Å². The molecule has 0 aromatic heterocycles. The SMILES string of the molecule is CCCCCCCCC(C=O)N(C)S(=O)(=O)c1ccc(N(C)C)cc1Cc1cccc([N+](=O)[O-])c1. The van der Waals surface area contributed by atoms with Crippen molar-refractivity contribution >= 4 is 27.7 Å². The molecule has 2 aromatic carbocycles. The number of anilines is 1. The molecule has 0 amide bonds. The predicted molar refractivity (Wildman–Crippen MR) is 139 cm³/mol. The molecule has 2 aromatic rings. The van der Waals surface area contributed by atoms with Crippen LogP contribution in [-0.2, 0) is 21.2 Å². The number of benzene rings is 2. The lowest BCUT2D eigenvalue weighted by molar-refractivity contribution is -0.384.